The van der Waals surface area contributed by atoms with Gasteiger partial charge in [0.15, 0.2) is 6.61 Å². The lowest BCUT2D eigenvalue weighted by Crippen LogP contribution is -2.21. The van der Waals surface area contributed by atoms with Crippen LogP contribution in [0.3, 0.4) is 0 Å². The molecule has 1 amide bonds. The predicted molar refractivity (Wildman–Crippen MR) is 85.3 cm³/mol. The van der Waals surface area contributed by atoms with Gasteiger partial charge in [-0.25, -0.2) is 0 Å². The summed E-state index contributed by atoms with van der Waals surface area (Å²) in [5.41, 5.74) is 0.887. The van der Waals surface area contributed by atoms with Crippen LogP contribution in [0.2, 0.25) is 0 Å². The maximum absolute atomic E-state index is 11.7. The third kappa shape index (κ3) is 5.19. The second kappa shape index (κ2) is 8.04. The third-order valence-electron chi connectivity index (χ3n) is 2.94. The van der Waals surface area contributed by atoms with Gasteiger partial charge in [0.1, 0.15) is 5.69 Å². The molecule has 0 unspecified atom stereocenters. The summed E-state index contributed by atoms with van der Waals surface area (Å²) < 4.78 is 4.86. The fraction of sp³-hybridized carbons (Fsp3) is 0.200. The van der Waals surface area contributed by atoms with Crippen molar-refractivity contribution in [2.45, 2.75) is 12.8 Å². The quantitative estimate of drug-likeness (QED) is 0.477. The number of hydrogen-bond acceptors (Lipinski definition) is 6. The molecule has 0 spiro atoms. The van der Waals surface area contributed by atoms with Crippen LogP contribution in [0.1, 0.15) is 12.0 Å². The molecule has 0 aliphatic rings. The molecule has 0 bridgehead atoms. The summed E-state index contributed by atoms with van der Waals surface area (Å²) in [5, 5.41) is 17.1. The number of ether oxygens (including phenoxy) is 1. The number of para-hydroxylation sites is 2. The van der Waals surface area contributed by atoms with Crippen LogP contribution in [0, 0.1) is 10.1 Å². The van der Waals surface area contributed by atoms with E-state index in [2.05, 4.69) is 5.32 Å². The molecule has 0 aliphatic heterocycles. The fourth-order valence-corrected chi connectivity index (χ4v) is 2.53. The minimum absolute atomic E-state index is 0.0665. The molecule has 120 valence electrons. The first-order valence-electron chi connectivity index (χ1n) is 6.76. The second-order valence-electron chi connectivity index (χ2n) is 4.61. The van der Waals surface area contributed by atoms with Gasteiger partial charge in [-0.1, -0.05) is 12.1 Å². The molecular formula is C15H14N2O5S. The highest BCUT2D eigenvalue weighted by molar-refractivity contribution is 7.07. The zero-order valence-electron chi connectivity index (χ0n) is 12.1. The molecular weight excluding hydrogens is 320 g/mol. The van der Waals surface area contributed by atoms with Gasteiger partial charge in [-0.05, 0) is 34.9 Å². The highest BCUT2D eigenvalue weighted by Crippen LogP contribution is 2.22. The number of hydrogen-bond donors (Lipinski definition) is 1. The van der Waals surface area contributed by atoms with Crippen molar-refractivity contribution in [1.29, 1.82) is 0 Å². The van der Waals surface area contributed by atoms with Gasteiger partial charge in [-0.3, -0.25) is 19.7 Å². The van der Waals surface area contributed by atoms with Gasteiger partial charge < -0.3 is 10.1 Å². The Labute approximate surface area is 136 Å². The van der Waals surface area contributed by atoms with Gasteiger partial charge in [0, 0.05) is 12.5 Å². The molecule has 0 atom stereocenters. The van der Waals surface area contributed by atoms with Crippen molar-refractivity contribution in [3.63, 3.8) is 0 Å². The van der Waals surface area contributed by atoms with Crippen LogP contribution in [0.4, 0.5) is 11.4 Å². The molecule has 0 aliphatic carbocycles. The number of carbonyl (C=O) groups is 2. The zero-order valence-corrected chi connectivity index (χ0v) is 12.9. The van der Waals surface area contributed by atoms with Crippen LogP contribution in [0.25, 0.3) is 0 Å². The molecule has 7 nitrogen and oxygen atoms in total. The van der Waals surface area contributed by atoms with Gasteiger partial charge in [-0.2, -0.15) is 11.3 Å². The van der Waals surface area contributed by atoms with E-state index in [1.807, 2.05) is 16.8 Å². The molecule has 1 aromatic carbocycles. The van der Waals surface area contributed by atoms with Crippen molar-refractivity contribution in [2.75, 3.05) is 11.9 Å². The van der Waals surface area contributed by atoms with E-state index in [0.29, 0.717) is 6.42 Å². The van der Waals surface area contributed by atoms with E-state index in [1.54, 1.807) is 17.4 Å². The highest BCUT2D eigenvalue weighted by Gasteiger charge is 2.15. The molecule has 0 radical (unpaired) electrons. The number of amides is 1. The predicted octanol–water partition coefficient (Wildman–Crippen LogP) is 2.77. The average molecular weight is 334 g/mol. The largest absolute Gasteiger partial charge is 0.456 e. The van der Waals surface area contributed by atoms with Crippen LogP contribution < -0.4 is 5.32 Å². The molecule has 1 N–H and O–H groups in total. The van der Waals surface area contributed by atoms with Gasteiger partial charge in [0.25, 0.3) is 11.6 Å². The summed E-state index contributed by atoms with van der Waals surface area (Å²) in [4.78, 5) is 33.5. The lowest BCUT2D eigenvalue weighted by molar-refractivity contribution is -0.383. The monoisotopic (exact) mass is 334 g/mol. The summed E-state index contributed by atoms with van der Waals surface area (Å²) >= 11 is 1.54. The van der Waals surface area contributed by atoms with Crippen molar-refractivity contribution in [3.05, 3.63) is 56.8 Å². The van der Waals surface area contributed by atoms with Gasteiger partial charge in [-0.15, -0.1) is 0 Å². The molecule has 1 aromatic heterocycles. The molecule has 8 heteroatoms. The third-order valence-corrected chi connectivity index (χ3v) is 3.67. The summed E-state index contributed by atoms with van der Waals surface area (Å²) in [7, 11) is 0. The molecule has 1 heterocycles. The second-order valence-corrected chi connectivity index (χ2v) is 5.39. The van der Waals surface area contributed by atoms with Crippen molar-refractivity contribution >= 4 is 34.6 Å². The van der Waals surface area contributed by atoms with Crippen molar-refractivity contribution in [2.24, 2.45) is 0 Å². The minimum Gasteiger partial charge on any atom is -0.456 e. The van der Waals surface area contributed by atoms with Crippen LogP contribution >= 0.6 is 11.3 Å². The number of aryl methyl sites for hydroxylation is 1. The van der Waals surface area contributed by atoms with E-state index in [-0.39, 0.29) is 17.8 Å². The van der Waals surface area contributed by atoms with E-state index in [4.69, 9.17) is 4.74 Å². The number of nitro benzene ring substituents is 1. The fourth-order valence-electron chi connectivity index (χ4n) is 1.82. The van der Waals surface area contributed by atoms with E-state index < -0.39 is 23.4 Å². The van der Waals surface area contributed by atoms with Crippen LogP contribution in [-0.4, -0.2) is 23.4 Å². The molecule has 2 rings (SSSR count). The molecule has 0 fully saturated rings. The number of thiophene rings is 1. The Balaban J connectivity index is 1.79. The normalized spacial score (nSPS) is 10.1. The Morgan fingerprint density at radius 3 is 2.74 bits per heavy atom. The number of nitro groups is 1. The highest BCUT2D eigenvalue weighted by atomic mass is 32.1. The van der Waals surface area contributed by atoms with Crippen molar-refractivity contribution in [1.82, 2.24) is 0 Å². The molecule has 0 saturated carbocycles. The van der Waals surface area contributed by atoms with E-state index in [9.17, 15) is 19.7 Å². The van der Waals surface area contributed by atoms with E-state index >= 15 is 0 Å². The SMILES string of the molecule is O=C(COC(=O)CCc1ccsc1)Nc1ccccc1[N+](=O)[O-]. The van der Waals surface area contributed by atoms with E-state index in [0.717, 1.165) is 5.56 Å². The first-order chi connectivity index (χ1) is 11.1. The number of nitrogens with zero attached hydrogens (tertiary/aromatic N) is 1. The van der Waals surface area contributed by atoms with Crippen molar-refractivity contribution in [3.8, 4) is 0 Å². The smallest absolute Gasteiger partial charge is 0.306 e. The Bertz CT molecular complexity index is 700. The lowest BCUT2D eigenvalue weighted by atomic mass is 10.2. The number of esters is 1. The summed E-state index contributed by atoms with van der Waals surface area (Å²) in [6, 6.07) is 7.67. The van der Waals surface area contributed by atoms with Crippen molar-refractivity contribution < 1.29 is 19.2 Å². The summed E-state index contributed by atoms with van der Waals surface area (Å²) in [6.45, 7) is -0.478. The van der Waals surface area contributed by atoms with Gasteiger partial charge >= 0.3 is 5.97 Å². The van der Waals surface area contributed by atoms with Crippen LogP contribution in [0.5, 0.6) is 0 Å². The Kier molecular flexibility index (Phi) is 5.81. The van der Waals surface area contributed by atoms with Gasteiger partial charge in [0.2, 0.25) is 0 Å². The molecule has 2 aromatic rings. The first-order valence-corrected chi connectivity index (χ1v) is 7.70. The topological polar surface area (TPSA) is 98.5 Å². The number of anilines is 1. The van der Waals surface area contributed by atoms with Gasteiger partial charge in [0.05, 0.1) is 4.92 Å². The molecule has 0 saturated heterocycles. The maximum Gasteiger partial charge on any atom is 0.306 e. The van der Waals surface area contributed by atoms with E-state index in [1.165, 1.54) is 18.2 Å². The number of benzene rings is 1. The molecule has 23 heavy (non-hydrogen) atoms. The van der Waals surface area contributed by atoms with Crippen LogP contribution in [-0.2, 0) is 20.7 Å². The Morgan fingerprint density at radius 1 is 1.26 bits per heavy atom. The average Bonchev–Trinajstić information content (AvgIpc) is 3.04. The summed E-state index contributed by atoms with van der Waals surface area (Å²) in [5.74, 6) is -1.11. The standard InChI is InChI=1S/C15H14N2O5S/c18-14(16-12-3-1-2-4-13(12)17(20)21)9-22-15(19)6-5-11-7-8-23-10-11/h1-4,7-8,10H,5-6,9H2,(H,16,18). The Hall–Kier alpha value is -2.74. The lowest BCUT2D eigenvalue weighted by Gasteiger charge is -2.07. The Morgan fingerprint density at radius 2 is 2.04 bits per heavy atom. The number of rotatable bonds is 7. The minimum atomic E-state index is -0.622. The van der Waals surface area contributed by atoms with Crippen LogP contribution in [0.15, 0.2) is 41.1 Å². The number of carbonyl (C=O) groups excluding carboxylic acids is 2. The first kappa shape index (κ1) is 16.6. The number of nitrogens with one attached hydrogen (secondary N) is 1. The zero-order chi connectivity index (χ0) is 16.7. The summed E-state index contributed by atoms with van der Waals surface area (Å²) in [6.07, 6.45) is 0.726. The maximum atomic E-state index is 11.7.